The predicted molar refractivity (Wildman–Crippen MR) is 177 cm³/mol. The van der Waals surface area contributed by atoms with Crippen LogP contribution in [0.15, 0.2) is 60.9 Å². The molecule has 3 aliphatic rings. The molecule has 238 valence electrons. The minimum absolute atomic E-state index is 0.0226. The van der Waals surface area contributed by atoms with Crippen molar-refractivity contribution in [2.24, 2.45) is 0 Å². The summed E-state index contributed by atoms with van der Waals surface area (Å²) in [6.07, 6.45) is 7.40. The number of nitrogens with zero attached hydrogens (tertiary/aromatic N) is 7. The Balaban J connectivity index is 1.10. The topological polar surface area (TPSA) is 118 Å². The number of carbonyl (C=O) groups is 2. The number of likely N-dealkylation sites (tertiary alicyclic amines) is 1. The molecule has 2 amide bonds. The van der Waals surface area contributed by atoms with Crippen molar-refractivity contribution in [1.82, 2.24) is 34.4 Å². The van der Waals surface area contributed by atoms with Crippen LogP contribution in [-0.4, -0.2) is 72.9 Å². The van der Waals surface area contributed by atoms with Crippen LogP contribution in [0.4, 0.5) is 11.5 Å². The van der Waals surface area contributed by atoms with E-state index < -0.39 is 0 Å². The predicted octanol–water partition coefficient (Wildman–Crippen LogP) is 5.82. The van der Waals surface area contributed by atoms with E-state index in [1.54, 1.807) is 30.1 Å². The first-order valence-corrected chi connectivity index (χ1v) is 16.2. The van der Waals surface area contributed by atoms with Gasteiger partial charge < -0.3 is 19.9 Å². The number of rotatable bonds is 7. The van der Waals surface area contributed by atoms with Crippen LogP contribution < -0.4 is 10.1 Å². The maximum Gasteiger partial charge on any atom is 0.272 e. The van der Waals surface area contributed by atoms with Crippen molar-refractivity contribution in [2.45, 2.75) is 44.6 Å². The van der Waals surface area contributed by atoms with Crippen molar-refractivity contribution in [3.8, 4) is 16.9 Å². The molecule has 0 atom stereocenters. The maximum atomic E-state index is 13.9. The van der Waals surface area contributed by atoms with E-state index in [1.165, 1.54) is 0 Å². The van der Waals surface area contributed by atoms with Gasteiger partial charge in [-0.3, -0.25) is 9.59 Å². The molecule has 1 aliphatic carbocycles. The zero-order chi connectivity index (χ0) is 32.3. The quantitative estimate of drug-likeness (QED) is 0.235. The molecule has 5 heterocycles. The van der Waals surface area contributed by atoms with Gasteiger partial charge in [0.05, 0.1) is 25.0 Å². The highest BCUT2D eigenvalue weighted by Crippen LogP contribution is 2.54. The number of amides is 2. The van der Waals surface area contributed by atoms with E-state index in [0.29, 0.717) is 47.2 Å². The number of pyridine rings is 1. The van der Waals surface area contributed by atoms with E-state index in [-0.39, 0.29) is 22.5 Å². The number of carbonyl (C=O) groups excluding carboxylic acids is 2. The van der Waals surface area contributed by atoms with Gasteiger partial charge >= 0.3 is 0 Å². The fourth-order valence-electron chi connectivity index (χ4n) is 7.05. The standard InChI is InChI=1S/C35H33ClN8O3/c1-21-8-11-26(39-30-31-37-14-17-44(31)41-34(36)40-30)29(47-2)28(21)22-9-10-24-25(18-22)35(12-13-35)20-43(32(24)45)19-23-6-5-7-27(38-23)33(46)42-15-3-4-16-42/h5-11,14,17-18H,3-4,12-13,15-16,19-20H2,1-2H3,(H,39,40,41). The molecule has 1 spiro atoms. The van der Waals surface area contributed by atoms with E-state index in [0.717, 1.165) is 66.7 Å². The molecule has 0 unspecified atom stereocenters. The van der Waals surface area contributed by atoms with Crippen LogP contribution in [0.2, 0.25) is 5.28 Å². The van der Waals surface area contributed by atoms with Gasteiger partial charge in [0.2, 0.25) is 5.28 Å². The summed E-state index contributed by atoms with van der Waals surface area (Å²) in [6.45, 7) is 4.56. The zero-order valence-electron chi connectivity index (χ0n) is 26.2. The summed E-state index contributed by atoms with van der Waals surface area (Å²) < 4.78 is 7.58. The van der Waals surface area contributed by atoms with Crippen molar-refractivity contribution in [1.29, 1.82) is 0 Å². The second-order valence-electron chi connectivity index (χ2n) is 12.6. The second kappa shape index (κ2) is 11.3. The van der Waals surface area contributed by atoms with Gasteiger partial charge in [-0.2, -0.15) is 4.98 Å². The minimum Gasteiger partial charge on any atom is -0.494 e. The van der Waals surface area contributed by atoms with Crippen LogP contribution in [0.5, 0.6) is 5.75 Å². The van der Waals surface area contributed by atoms with Crippen LogP contribution in [0.3, 0.4) is 0 Å². The SMILES string of the molecule is COc1c(Nc2nc(Cl)nn3ccnc23)ccc(C)c1-c1ccc2c(c1)C1(CC1)CN(Cc1cccc(C(=O)N3CCCC3)n1)C2=O. The van der Waals surface area contributed by atoms with E-state index in [2.05, 4.69) is 31.4 Å². The number of imidazole rings is 1. The van der Waals surface area contributed by atoms with Crippen LogP contribution in [0, 0.1) is 6.92 Å². The molecule has 5 aromatic rings. The molecule has 0 radical (unpaired) electrons. The average Bonchev–Trinajstić information content (AvgIpc) is 3.41. The largest absolute Gasteiger partial charge is 0.494 e. The fourth-order valence-corrected chi connectivity index (χ4v) is 7.22. The number of aromatic nitrogens is 5. The summed E-state index contributed by atoms with van der Waals surface area (Å²) in [5.41, 5.74) is 7.00. The molecule has 2 fully saturated rings. The number of aryl methyl sites for hydroxylation is 1. The third kappa shape index (κ3) is 5.14. The van der Waals surface area contributed by atoms with Crippen molar-refractivity contribution in [3.63, 3.8) is 0 Å². The molecule has 1 saturated carbocycles. The van der Waals surface area contributed by atoms with Gasteiger partial charge in [0.25, 0.3) is 11.8 Å². The fraction of sp³-hybridized carbons (Fsp3) is 0.314. The molecule has 1 N–H and O–H groups in total. The number of halogens is 1. The molecule has 1 saturated heterocycles. The normalized spacial score (nSPS) is 16.5. The lowest BCUT2D eigenvalue weighted by molar-refractivity contribution is 0.0696. The summed E-state index contributed by atoms with van der Waals surface area (Å²) >= 11 is 6.19. The van der Waals surface area contributed by atoms with Gasteiger partial charge in [-0.1, -0.05) is 18.2 Å². The summed E-state index contributed by atoms with van der Waals surface area (Å²) in [6, 6.07) is 15.6. The van der Waals surface area contributed by atoms with E-state index in [9.17, 15) is 9.59 Å². The first kappa shape index (κ1) is 29.4. The number of hydrogen-bond acceptors (Lipinski definition) is 8. The van der Waals surface area contributed by atoms with Crippen molar-refractivity contribution in [3.05, 3.63) is 94.3 Å². The number of nitrogens with one attached hydrogen (secondary N) is 1. The van der Waals surface area contributed by atoms with Crippen LogP contribution in [0.25, 0.3) is 16.8 Å². The Labute approximate surface area is 276 Å². The van der Waals surface area contributed by atoms with Crippen LogP contribution >= 0.6 is 11.6 Å². The molecular formula is C35H33ClN8O3. The smallest absolute Gasteiger partial charge is 0.272 e. The number of anilines is 2. The minimum atomic E-state index is -0.108. The highest BCUT2D eigenvalue weighted by atomic mass is 35.5. The van der Waals surface area contributed by atoms with Gasteiger partial charge in [0, 0.05) is 48.6 Å². The van der Waals surface area contributed by atoms with Gasteiger partial charge in [-0.25, -0.2) is 14.5 Å². The first-order chi connectivity index (χ1) is 22.8. The van der Waals surface area contributed by atoms with Gasteiger partial charge in [-0.15, -0.1) is 5.10 Å². The lowest BCUT2D eigenvalue weighted by Crippen LogP contribution is -2.43. The van der Waals surface area contributed by atoms with Crippen molar-refractivity contribution < 1.29 is 14.3 Å². The van der Waals surface area contributed by atoms with Gasteiger partial charge in [0.1, 0.15) is 11.4 Å². The molecule has 11 nitrogen and oxygen atoms in total. The number of benzene rings is 2. The Kier molecular flexibility index (Phi) is 7.09. The number of fused-ring (bicyclic) bond motifs is 3. The summed E-state index contributed by atoms with van der Waals surface area (Å²) in [5.74, 6) is 1.04. The first-order valence-electron chi connectivity index (χ1n) is 15.8. The average molecular weight is 649 g/mol. The van der Waals surface area contributed by atoms with E-state index in [4.69, 9.17) is 16.3 Å². The summed E-state index contributed by atoms with van der Waals surface area (Å²) in [4.78, 5) is 44.1. The van der Waals surface area contributed by atoms with Gasteiger partial charge in [-0.05, 0) is 91.2 Å². The highest BCUT2D eigenvalue weighted by Gasteiger charge is 2.51. The monoisotopic (exact) mass is 648 g/mol. The number of ether oxygens (including phenoxy) is 1. The van der Waals surface area contributed by atoms with Crippen molar-refractivity contribution >= 4 is 40.6 Å². The summed E-state index contributed by atoms with van der Waals surface area (Å²) in [7, 11) is 1.64. The Morgan fingerprint density at radius 2 is 1.91 bits per heavy atom. The molecular weight excluding hydrogens is 616 g/mol. The van der Waals surface area contributed by atoms with Gasteiger partial charge in [0.15, 0.2) is 11.5 Å². The van der Waals surface area contributed by atoms with E-state index >= 15 is 0 Å². The van der Waals surface area contributed by atoms with Crippen molar-refractivity contribution in [2.75, 3.05) is 32.1 Å². The molecule has 0 bridgehead atoms. The zero-order valence-corrected chi connectivity index (χ0v) is 26.9. The third-order valence-electron chi connectivity index (χ3n) is 9.57. The lowest BCUT2D eigenvalue weighted by Gasteiger charge is -2.35. The molecule has 2 aliphatic heterocycles. The number of hydrogen-bond donors (Lipinski definition) is 1. The Morgan fingerprint density at radius 3 is 2.70 bits per heavy atom. The molecule has 8 rings (SSSR count). The highest BCUT2D eigenvalue weighted by molar-refractivity contribution is 6.28. The Bertz CT molecular complexity index is 2070. The van der Waals surface area contributed by atoms with E-state index in [1.807, 2.05) is 53.1 Å². The summed E-state index contributed by atoms with van der Waals surface area (Å²) in [5, 5.41) is 7.61. The lowest BCUT2D eigenvalue weighted by atomic mass is 9.83. The second-order valence-corrected chi connectivity index (χ2v) is 12.9. The molecule has 47 heavy (non-hydrogen) atoms. The Hall–Kier alpha value is -5.03. The number of methoxy groups -OCH3 is 1. The molecule has 2 aromatic carbocycles. The third-order valence-corrected chi connectivity index (χ3v) is 9.73. The van der Waals surface area contributed by atoms with Crippen LogP contribution in [0.1, 0.15) is 63.4 Å². The maximum absolute atomic E-state index is 13.9. The van der Waals surface area contributed by atoms with Crippen LogP contribution in [-0.2, 0) is 12.0 Å². The molecule has 12 heteroatoms. The Morgan fingerprint density at radius 1 is 1.09 bits per heavy atom. The molecule has 3 aromatic heterocycles.